The number of fused-ring (bicyclic) bond motifs is 1. The Morgan fingerprint density at radius 1 is 1.11 bits per heavy atom. The summed E-state index contributed by atoms with van der Waals surface area (Å²) in [7, 11) is 0. The Hall–Kier alpha value is -3.33. The second-order valence-electron chi connectivity index (χ2n) is 7.44. The van der Waals surface area contributed by atoms with Gasteiger partial charge in [-0.1, -0.05) is 35.3 Å². The van der Waals surface area contributed by atoms with Crippen molar-refractivity contribution in [1.82, 2.24) is 0 Å². The van der Waals surface area contributed by atoms with Crippen molar-refractivity contribution in [2.75, 3.05) is 18.5 Å². The number of hydrogen-bond donors (Lipinski definition) is 1. The van der Waals surface area contributed by atoms with Gasteiger partial charge in [-0.3, -0.25) is 4.79 Å². The maximum absolute atomic E-state index is 12.7. The lowest BCUT2D eigenvalue weighted by Crippen LogP contribution is -2.21. The molecule has 4 rings (SSSR count). The Labute approximate surface area is 214 Å². The summed E-state index contributed by atoms with van der Waals surface area (Å²) in [5.74, 6) is -0.887. The highest BCUT2D eigenvalue weighted by molar-refractivity contribution is 7.15. The van der Waals surface area contributed by atoms with Crippen LogP contribution in [-0.2, 0) is 9.53 Å². The molecule has 0 atom stereocenters. The van der Waals surface area contributed by atoms with Crippen LogP contribution in [0, 0.1) is 6.92 Å². The smallest absolute Gasteiger partial charge is 0.341 e. The van der Waals surface area contributed by atoms with Crippen molar-refractivity contribution in [3.8, 4) is 16.9 Å². The molecule has 0 fully saturated rings. The summed E-state index contributed by atoms with van der Waals surface area (Å²) in [6, 6.07) is 11.4. The molecule has 0 saturated heterocycles. The van der Waals surface area contributed by atoms with Gasteiger partial charge >= 0.3 is 11.6 Å². The number of esters is 1. The monoisotopic (exact) mass is 531 g/mol. The first-order valence-electron chi connectivity index (χ1n) is 10.5. The van der Waals surface area contributed by atoms with E-state index in [0.717, 1.165) is 5.56 Å². The van der Waals surface area contributed by atoms with E-state index in [0.29, 0.717) is 32.1 Å². The van der Waals surface area contributed by atoms with Crippen molar-refractivity contribution in [3.63, 3.8) is 0 Å². The van der Waals surface area contributed by atoms with Crippen molar-refractivity contribution >= 4 is 62.4 Å². The quantitative estimate of drug-likeness (QED) is 0.221. The van der Waals surface area contributed by atoms with Gasteiger partial charge < -0.3 is 19.2 Å². The molecule has 0 saturated carbocycles. The van der Waals surface area contributed by atoms with E-state index in [-0.39, 0.29) is 22.9 Å². The van der Waals surface area contributed by atoms with Crippen LogP contribution in [0.3, 0.4) is 0 Å². The van der Waals surface area contributed by atoms with Gasteiger partial charge in [0.1, 0.15) is 21.9 Å². The van der Waals surface area contributed by atoms with Crippen LogP contribution >= 0.6 is 34.5 Å². The average molecular weight is 532 g/mol. The third-order valence-electron chi connectivity index (χ3n) is 5.04. The summed E-state index contributed by atoms with van der Waals surface area (Å²) in [4.78, 5) is 37.0. The van der Waals surface area contributed by atoms with Gasteiger partial charge in [0.25, 0.3) is 5.91 Å². The number of nitrogens with one attached hydrogen (secondary N) is 1. The van der Waals surface area contributed by atoms with Gasteiger partial charge in [0, 0.05) is 33.5 Å². The molecule has 2 aromatic carbocycles. The van der Waals surface area contributed by atoms with Crippen LogP contribution in [-0.4, -0.2) is 25.1 Å². The predicted molar refractivity (Wildman–Crippen MR) is 137 cm³/mol. The van der Waals surface area contributed by atoms with Gasteiger partial charge in [0.05, 0.1) is 11.6 Å². The summed E-state index contributed by atoms with van der Waals surface area (Å²) in [5.41, 5.74) is 2.12. The number of aryl methyl sites for hydroxylation is 1. The van der Waals surface area contributed by atoms with E-state index in [1.165, 1.54) is 23.5 Å². The van der Waals surface area contributed by atoms with Gasteiger partial charge in [-0.25, -0.2) is 9.59 Å². The molecule has 35 heavy (non-hydrogen) atoms. The fourth-order valence-corrected chi connectivity index (χ4v) is 4.75. The molecule has 7 nitrogen and oxygen atoms in total. The number of hydrogen-bond acceptors (Lipinski definition) is 7. The highest BCUT2D eigenvalue weighted by atomic mass is 35.5. The first-order valence-corrected chi connectivity index (χ1v) is 12.1. The molecule has 0 unspecified atom stereocenters. The molecule has 1 N–H and O–H groups in total. The van der Waals surface area contributed by atoms with E-state index < -0.39 is 24.1 Å². The van der Waals surface area contributed by atoms with Gasteiger partial charge in [-0.05, 0) is 43.2 Å². The number of anilines is 1. The first kappa shape index (κ1) is 24.8. The average Bonchev–Trinajstić information content (AvgIpc) is 3.22. The topological polar surface area (TPSA) is 94.8 Å². The Balaban J connectivity index is 1.55. The standard InChI is InChI=1S/C25H19Cl2NO6S/c1-3-32-25(31)23-17(14-4-6-15(26)7-5-14)12-35-24(23)28-21(29)11-33-20-10-19-16(9-18(20)27)13(2)8-22(30)34-19/h4-10,12H,3,11H2,1-2H3,(H,28,29). The predicted octanol–water partition coefficient (Wildman–Crippen LogP) is 6.33. The fraction of sp³-hybridized carbons (Fsp3) is 0.160. The highest BCUT2D eigenvalue weighted by Gasteiger charge is 2.23. The van der Waals surface area contributed by atoms with Crippen molar-refractivity contribution in [2.24, 2.45) is 0 Å². The highest BCUT2D eigenvalue weighted by Crippen LogP contribution is 2.37. The molecule has 2 heterocycles. The number of amides is 1. The van der Waals surface area contributed by atoms with Gasteiger partial charge in [-0.2, -0.15) is 0 Å². The summed E-state index contributed by atoms with van der Waals surface area (Å²) < 4.78 is 16.0. The van der Waals surface area contributed by atoms with Crippen molar-refractivity contribution in [1.29, 1.82) is 0 Å². The minimum absolute atomic E-state index is 0.182. The molecule has 0 spiro atoms. The summed E-state index contributed by atoms with van der Waals surface area (Å²) in [6.07, 6.45) is 0. The first-order chi connectivity index (χ1) is 16.8. The summed E-state index contributed by atoms with van der Waals surface area (Å²) >= 11 is 13.5. The molecule has 2 aromatic heterocycles. The number of ether oxygens (including phenoxy) is 2. The summed E-state index contributed by atoms with van der Waals surface area (Å²) in [6.45, 7) is 3.26. The minimum atomic E-state index is -0.558. The van der Waals surface area contributed by atoms with E-state index in [1.807, 2.05) is 0 Å². The van der Waals surface area contributed by atoms with Gasteiger partial charge in [-0.15, -0.1) is 11.3 Å². The molecule has 0 radical (unpaired) electrons. The number of carbonyl (C=O) groups is 2. The molecule has 0 aliphatic carbocycles. The van der Waals surface area contributed by atoms with E-state index >= 15 is 0 Å². The number of rotatable bonds is 7. The van der Waals surface area contributed by atoms with Crippen LogP contribution in [0.4, 0.5) is 5.00 Å². The Bertz CT molecular complexity index is 1480. The zero-order valence-electron chi connectivity index (χ0n) is 18.6. The van der Waals surface area contributed by atoms with Gasteiger partial charge in [0.2, 0.25) is 0 Å². The molecule has 0 aliphatic rings. The van der Waals surface area contributed by atoms with Crippen LogP contribution in [0.15, 0.2) is 57.1 Å². The minimum Gasteiger partial charge on any atom is -0.482 e. The largest absolute Gasteiger partial charge is 0.482 e. The summed E-state index contributed by atoms with van der Waals surface area (Å²) in [5, 5.41) is 6.28. The van der Waals surface area contributed by atoms with E-state index in [4.69, 9.17) is 37.1 Å². The lowest BCUT2D eigenvalue weighted by Gasteiger charge is -2.11. The molecule has 4 aromatic rings. The van der Waals surface area contributed by atoms with Crippen LogP contribution < -0.4 is 15.7 Å². The number of halogens is 2. The fourth-order valence-electron chi connectivity index (χ4n) is 3.43. The molecule has 1 amide bonds. The molecule has 10 heteroatoms. The van der Waals surface area contributed by atoms with Crippen molar-refractivity contribution < 1.29 is 23.5 Å². The molecule has 180 valence electrons. The lowest BCUT2D eigenvalue weighted by atomic mass is 10.0. The Kier molecular flexibility index (Phi) is 7.45. The van der Waals surface area contributed by atoms with Crippen molar-refractivity contribution in [3.05, 3.63) is 79.4 Å². The van der Waals surface area contributed by atoms with E-state index in [2.05, 4.69) is 5.32 Å². The Morgan fingerprint density at radius 3 is 2.57 bits per heavy atom. The maximum Gasteiger partial charge on any atom is 0.341 e. The zero-order chi connectivity index (χ0) is 25.1. The SMILES string of the molecule is CCOC(=O)c1c(-c2ccc(Cl)cc2)csc1NC(=O)COc1cc2oc(=O)cc(C)c2cc1Cl. The van der Waals surface area contributed by atoms with Crippen LogP contribution in [0.2, 0.25) is 10.0 Å². The Morgan fingerprint density at radius 2 is 1.86 bits per heavy atom. The van der Waals surface area contributed by atoms with Crippen LogP contribution in [0.25, 0.3) is 22.1 Å². The number of carbonyl (C=O) groups excluding carboxylic acids is 2. The molecule has 0 aliphatic heterocycles. The van der Waals surface area contributed by atoms with Crippen molar-refractivity contribution in [2.45, 2.75) is 13.8 Å². The normalized spacial score (nSPS) is 10.9. The molecular weight excluding hydrogens is 513 g/mol. The van der Waals surface area contributed by atoms with Crippen LogP contribution in [0.1, 0.15) is 22.8 Å². The second kappa shape index (κ2) is 10.5. The maximum atomic E-state index is 12.7. The van der Waals surface area contributed by atoms with Crippen LogP contribution in [0.5, 0.6) is 5.75 Å². The zero-order valence-corrected chi connectivity index (χ0v) is 21.0. The number of thiophene rings is 1. The third kappa shape index (κ3) is 5.51. The second-order valence-corrected chi connectivity index (χ2v) is 9.17. The lowest BCUT2D eigenvalue weighted by molar-refractivity contribution is -0.118. The van der Waals surface area contributed by atoms with E-state index in [1.54, 1.807) is 49.6 Å². The number of benzene rings is 2. The molecular formula is C25H19Cl2NO6S. The van der Waals surface area contributed by atoms with Gasteiger partial charge in [0.15, 0.2) is 6.61 Å². The van der Waals surface area contributed by atoms with E-state index in [9.17, 15) is 14.4 Å². The third-order valence-corrected chi connectivity index (χ3v) is 6.48. The molecule has 0 bridgehead atoms.